The fourth-order valence-electron chi connectivity index (χ4n) is 5.39. The summed E-state index contributed by atoms with van der Waals surface area (Å²) in [5.41, 5.74) is 7.18. The van der Waals surface area contributed by atoms with Gasteiger partial charge in [-0.25, -0.2) is 9.97 Å². The van der Waals surface area contributed by atoms with Gasteiger partial charge >= 0.3 is 0 Å². The highest BCUT2D eigenvalue weighted by molar-refractivity contribution is 7.26. The van der Waals surface area contributed by atoms with Gasteiger partial charge in [-0.3, -0.25) is 9.55 Å². The van der Waals surface area contributed by atoms with Crippen molar-refractivity contribution in [3.05, 3.63) is 122 Å². The molecule has 5 heteroatoms. The maximum atomic E-state index is 5.27. The summed E-state index contributed by atoms with van der Waals surface area (Å²) in [5, 5.41) is 3.72. The summed E-state index contributed by atoms with van der Waals surface area (Å²) in [6.45, 7) is 0. The number of rotatable bonds is 3. The van der Waals surface area contributed by atoms with Crippen molar-refractivity contribution in [2.45, 2.75) is 0 Å². The van der Waals surface area contributed by atoms with Gasteiger partial charge in [-0.1, -0.05) is 60.7 Å². The van der Waals surface area contributed by atoms with E-state index >= 15 is 0 Å². The Morgan fingerprint density at radius 1 is 0.553 bits per heavy atom. The predicted octanol–water partition coefficient (Wildman–Crippen LogP) is 8.67. The molecule has 0 radical (unpaired) electrons. The van der Waals surface area contributed by atoms with Crippen LogP contribution in [0.3, 0.4) is 0 Å². The van der Waals surface area contributed by atoms with Gasteiger partial charge in [0.1, 0.15) is 5.82 Å². The topological polar surface area (TPSA) is 43.6 Å². The van der Waals surface area contributed by atoms with Crippen LogP contribution in [0.25, 0.3) is 70.4 Å². The van der Waals surface area contributed by atoms with Crippen molar-refractivity contribution < 1.29 is 0 Å². The molecule has 38 heavy (non-hydrogen) atoms. The third kappa shape index (κ3) is 3.19. The Labute approximate surface area is 222 Å². The summed E-state index contributed by atoms with van der Waals surface area (Å²) in [4.78, 5) is 14.5. The van der Waals surface area contributed by atoms with Crippen LogP contribution in [-0.4, -0.2) is 19.5 Å². The molecule has 5 heterocycles. The van der Waals surface area contributed by atoms with E-state index in [4.69, 9.17) is 9.97 Å². The summed E-state index contributed by atoms with van der Waals surface area (Å²) in [5.74, 6) is 0.869. The van der Waals surface area contributed by atoms with E-state index in [9.17, 15) is 0 Å². The summed E-state index contributed by atoms with van der Waals surface area (Å²) < 4.78 is 4.80. The van der Waals surface area contributed by atoms with Crippen LogP contribution in [0, 0.1) is 0 Å². The van der Waals surface area contributed by atoms with Gasteiger partial charge in [-0.2, -0.15) is 0 Å². The van der Waals surface area contributed by atoms with Gasteiger partial charge in [0.05, 0.1) is 27.9 Å². The first-order chi connectivity index (χ1) is 18.8. The molecule has 4 nitrogen and oxygen atoms in total. The molecule has 0 amide bonds. The summed E-state index contributed by atoms with van der Waals surface area (Å²) in [6.07, 6.45) is 3.61. The lowest BCUT2D eigenvalue weighted by atomic mass is 10.1. The number of fused-ring (bicyclic) bond motifs is 7. The molecule has 0 saturated carbocycles. The van der Waals surface area contributed by atoms with Crippen LogP contribution in [-0.2, 0) is 0 Å². The largest absolute Gasteiger partial charge is 0.292 e. The van der Waals surface area contributed by atoms with E-state index in [0.29, 0.717) is 0 Å². The van der Waals surface area contributed by atoms with E-state index in [2.05, 4.69) is 94.5 Å². The van der Waals surface area contributed by atoms with E-state index in [1.165, 1.54) is 25.6 Å². The highest BCUT2D eigenvalue weighted by Gasteiger charge is 2.20. The first kappa shape index (κ1) is 21.2. The zero-order valence-corrected chi connectivity index (χ0v) is 21.1. The Morgan fingerprint density at radius 2 is 1.32 bits per heavy atom. The van der Waals surface area contributed by atoms with E-state index in [1.807, 2.05) is 35.6 Å². The van der Waals surface area contributed by atoms with Crippen LogP contribution < -0.4 is 0 Å². The van der Waals surface area contributed by atoms with E-state index in [0.717, 1.165) is 44.9 Å². The number of hydrogen-bond acceptors (Lipinski definition) is 4. The van der Waals surface area contributed by atoms with Crippen LogP contribution >= 0.6 is 11.3 Å². The zero-order valence-electron chi connectivity index (χ0n) is 20.2. The number of hydrogen-bond donors (Lipinski definition) is 0. The minimum absolute atomic E-state index is 0.869. The molecule has 8 aromatic rings. The van der Waals surface area contributed by atoms with Crippen molar-refractivity contribution in [1.82, 2.24) is 19.5 Å². The standard InChI is InChI=1S/C33H20N4S/c1-2-7-21(8-3-1)26-14-16-28-32(36-26)31-27(15-13-24-23-9-4-5-11-29(23)38-33(24)31)37(28)30-12-6-10-25(35-30)22-17-19-34-20-18-22/h1-20H. The van der Waals surface area contributed by atoms with E-state index in [1.54, 1.807) is 12.4 Å². The summed E-state index contributed by atoms with van der Waals surface area (Å²) in [6, 6.07) is 38.0. The molecule has 0 unspecified atom stereocenters. The second kappa shape index (κ2) is 8.33. The minimum atomic E-state index is 0.869. The second-order valence-corrected chi connectivity index (χ2v) is 10.4. The fourth-order valence-corrected chi connectivity index (χ4v) is 6.63. The molecule has 0 aliphatic carbocycles. The number of benzene rings is 3. The number of aromatic nitrogens is 4. The average Bonchev–Trinajstić information content (AvgIpc) is 3.53. The third-order valence-corrected chi connectivity index (χ3v) is 8.33. The number of nitrogens with zero attached hydrogens (tertiary/aromatic N) is 4. The molecule has 0 aliphatic rings. The number of pyridine rings is 3. The second-order valence-electron chi connectivity index (χ2n) is 9.32. The van der Waals surface area contributed by atoms with Gasteiger partial charge < -0.3 is 0 Å². The normalized spacial score (nSPS) is 11.7. The Kier molecular flexibility index (Phi) is 4.66. The molecular weight excluding hydrogens is 484 g/mol. The molecule has 0 fully saturated rings. The molecule has 0 aliphatic heterocycles. The van der Waals surface area contributed by atoms with Crippen molar-refractivity contribution in [1.29, 1.82) is 0 Å². The Morgan fingerprint density at radius 3 is 2.21 bits per heavy atom. The van der Waals surface area contributed by atoms with Gasteiger partial charge in [0, 0.05) is 49.1 Å². The lowest BCUT2D eigenvalue weighted by Gasteiger charge is -2.09. The van der Waals surface area contributed by atoms with Crippen molar-refractivity contribution >= 4 is 53.4 Å². The van der Waals surface area contributed by atoms with E-state index in [-0.39, 0.29) is 0 Å². The SMILES string of the molecule is c1ccc(-c2ccc3c(n2)c2c4sc5ccccc5c4ccc2n3-c2cccc(-c3ccncc3)n2)cc1. The molecule has 178 valence electrons. The fraction of sp³-hybridized carbons (Fsp3) is 0. The molecule has 0 bridgehead atoms. The Bertz CT molecular complexity index is 2130. The molecular formula is C33H20N4S. The highest BCUT2D eigenvalue weighted by Crippen LogP contribution is 2.43. The third-order valence-electron chi connectivity index (χ3n) is 7.13. The molecule has 0 spiro atoms. The molecule has 0 saturated heterocycles. The van der Waals surface area contributed by atoms with Crippen LogP contribution in [0.15, 0.2) is 122 Å². The van der Waals surface area contributed by atoms with Crippen molar-refractivity contribution in [3.63, 3.8) is 0 Å². The summed E-state index contributed by atoms with van der Waals surface area (Å²) in [7, 11) is 0. The van der Waals surface area contributed by atoms with Crippen LogP contribution in [0.5, 0.6) is 0 Å². The maximum Gasteiger partial charge on any atom is 0.138 e. The van der Waals surface area contributed by atoms with Gasteiger partial charge in [0.2, 0.25) is 0 Å². The van der Waals surface area contributed by atoms with Crippen molar-refractivity contribution in [2.24, 2.45) is 0 Å². The van der Waals surface area contributed by atoms with Crippen LogP contribution in [0.1, 0.15) is 0 Å². The molecule has 0 N–H and O–H groups in total. The quantitative estimate of drug-likeness (QED) is 0.242. The van der Waals surface area contributed by atoms with Gasteiger partial charge in [0.25, 0.3) is 0 Å². The van der Waals surface area contributed by atoms with Crippen LogP contribution in [0.4, 0.5) is 0 Å². The molecule has 3 aromatic carbocycles. The number of thiophene rings is 1. The Hall–Kier alpha value is -4.87. The predicted molar refractivity (Wildman–Crippen MR) is 158 cm³/mol. The summed E-state index contributed by atoms with van der Waals surface area (Å²) >= 11 is 1.84. The van der Waals surface area contributed by atoms with Crippen molar-refractivity contribution in [2.75, 3.05) is 0 Å². The first-order valence-electron chi connectivity index (χ1n) is 12.5. The zero-order chi connectivity index (χ0) is 25.1. The van der Waals surface area contributed by atoms with Crippen molar-refractivity contribution in [3.8, 4) is 28.3 Å². The van der Waals surface area contributed by atoms with Gasteiger partial charge in [-0.05, 0) is 48.5 Å². The lowest BCUT2D eigenvalue weighted by Crippen LogP contribution is -1.98. The Balaban J connectivity index is 1.48. The lowest BCUT2D eigenvalue weighted by molar-refractivity contribution is 1.08. The molecule has 8 rings (SSSR count). The maximum absolute atomic E-state index is 5.27. The van der Waals surface area contributed by atoms with E-state index < -0.39 is 0 Å². The average molecular weight is 505 g/mol. The minimum Gasteiger partial charge on any atom is -0.292 e. The van der Waals surface area contributed by atoms with Gasteiger partial charge in [-0.15, -0.1) is 11.3 Å². The molecule has 0 atom stereocenters. The molecule has 5 aromatic heterocycles. The van der Waals surface area contributed by atoms with Crippen LogP contribution in [0.2, 0.25) is 0 Å². The highest BCUT2D eigenvalue weighted by atomic mass is 32.1. The smallest absolute Gasteiger partial charge is 0.138 e. The first-order valence-corrected chi connectivity index (χ1v) is 13.4. The van der Waals surface area contributed by atoms with Gasteiger partial charge in [0.15, 0.2) is 0 Å². The monoisotopic (exact) mass is 504 g/mol.